The lowest BCUT2D eigenvalue weighted by Crippen LogP contribution is -2.08. The zero-order chi connectivity index (χ0) is 10.7. The fraction of sp³-hybridized carbons (Fsp3) is 0.400. The Kier molecular flexibility index (Phi) is 2.94. The minimum Gasteiger partial charge on any atom is -0.372 e. The van der Waals surface area contributed by atoms with Crippen LogP contribution in [0.25, 0.3) is 11.2 Å². The highest BCUT2D eigenvalue weighted by atomic mass is 16.5. The topological polar surface area (TPSA) is 76.8 Å². The van der Waals surface area contributed by atoms with Crippen LogP contribution in [0.2, 0.25) is 0 Å². The number of fused-ring (bicyclic) bond motifs is 1. The number of hydrogen-bond donors (Lipinski definition) is 2. The van der Waals surface area contributed by atoms with E-state index >= 15 is 0 Å². The molecule has 0 bridgehead atoms. The second kappa shape index (κ2) is 4.37. The third-order valence-corrected chi connectivity index (χ3v) is 2.02. The van der Waals surface area contributed by atoms with Gasteiger partial charge in [0.25, 0.3) is 0 Å². The lowest BCUT2D eigenvalue weighted by Gasteiger charge is -1.97. The zero-order valence-electron chi connectivity index (χ0n) is 8.66. The summed E-state index contributed by atoms with van der Waals surface area (Å²) < 4.78 is 5.28. The summed E-state index contributed by atoms with van der Waals surface area (Å²) in [6.07, 6.45) is 1.80. The summed E-state index contributed by atoms with van der Waals surface area (Å²) in [4.78, 5) is 11.7. The van der Waals surface area contributed by atoms with Gasteiger partial charge in [-0.05, 0) is 18.6 Å². The molecular formula is C10H14N4O. The van der Waals surface area contributed by atoms with E-state index < -0.39 is 0 Å². The predicted molar refractivity (Wildman–Crippen MR) is 57.3 cm³/mol. The first-order valence-corrected chi connectivity index (χ1v) is 4.88. The van der Waals surface area contributed by atoms with Crippen molar-refractivity contribution >= 4 is 11.2 Å². The van der Waals surface area contributed by atoms with Crippen LogP contribution in [0.5, 0.6) is 0 Å². The van der Waals surface area contributed by atoms with E-state index in [0.29, 0.717) is 19.8 Å². The number of H-pyrrole nitrogens is 1. The maximum absolute atomic E-state index is 5.32. The lowest BCUT2D eigenvalue weighted by atomic mass is 10.3. The number of nitrogens with one attached hydrogen (secondary N) is 1. The van der Waals surface area contributed by atoms with Gasteiger partial charge in [0, 0.05) is 12.7 Å². The van der Waals surface area contributed by atoms with Crippen LogP contribution in [0.3, 0.4) is 0 Å². The van der Waals surface area contributed by atoms with Gasteiger partial charge >= 0.3 is 0 Å². The van der Waals surface area contributed by atoms with Crippen molar-refractivity contribution in [2.24, 2.45) is 5.73 Å². The van der Waals surface area contributed by atoms with E-state index in [1.54, 1.807) is 6.20 Å². The number of imidazole rings is 1. The number of aryl methyl sites for hydroxylation is 1. The highest BCUT2D eigenvalue weighted by Gasteiger charge is 2.03. The highest BCUT2D eigenvalue weighted by molar-refractivity contribution is 5.70. The minimum absolute atomic E-state index is 0.451. The van der Waals surface area contributed by atoms with Gasteiger partial charge in [-0.15, -0.1) is 0 Å². The summed E-state index contributed by atoms with van der Waals surface area (Å²) >= 11 is 0. The first-order valence-electron chi connectivity index (χ1n) is 4.88. The average molecular weight is 206 g/mol. The van der Waals surface area contributed by atoms with Crippen molar-refractivity contribution in [1.29, 1.82) is 0 Å². The largest absolute Gasteiger partial charge is 0.372 e. The second-order valence-electron chi connectivity index (χ2n) is 3.41. The molecule has 2 aromatic rings. The number of nitrogens with two attached hydrogens (primary N) is 1. The molecule has 5 heteroatoms. The number of hydrogen-bond acceptors (Lipinski definition) is 4. The molecule has 15 heavy (non-hydrogen) atoms. The smallest absolute Gasteiger partial charge is 0.177 e. The summed E-state index contributed by atoms with van der Waals surface area (Å²) in [6.45, 7) is 3.52. The summed E-state index contributed by atoms with van der Waals surface area (Å²) in [5, 5.41) is 0. The standard InChI is InChI=1S/C10H14N4O/c1-7-4-8-10(12-5-7)14-9(13-8)6-15-3-2-11/h4-5H,2-3,6,11H2,1H3,(H,12,13,14). The molecule has 0 spiro atoms. The van der Waals surface area contributed by atoms with Gasteiger partial charge in [-0.3, -0.25) is 0 Å². The normalized spacial score (nSPS) is 11.1. The van der Waals surface area contributed by atoms with Crippen LogP contribution >= 0.6 is 0 Å². The molecule has 2 rings (SSSR count). The van der Waals surface area contributed by atoms with Crippen molar-refractivity contribution in [3.63, 3.8) is 0 Å². The van der Waals surface area contributed by atoms with Crippen molar-refractivity contribution < 1.29 is 4.74 Å². The van der Waals surface area contributed by atoms with Crippen molar-refractivity contribution in [3.05, 3.63) is 23.7 Å². The molecule has 0 aliphatic carbocycles. The molecule has 0 fully saturated rings. The summed E-state index contributed by atoms with van der Waals surface area (Å²) in [7, 11) is 0. The fourth-order valence-corrected chi connectivity index (χ4v) is 1.37. The van der Waals surface area contributed by atoms with Gasteiger partial charge in [0.2, 0.25) is 0 Å². The number of aromatic amines is 1. The molecule has 2 heterocycles. The van der Waals surface area contributed by atoms with E-state index in [0.717, 1.165) is 22.6 Å². The number of nitrogens with zero attached hydrogens (tertiary/aromatic N) is 2. The predicted octanol–water partition coefficient (Wildman–Crippen LogP) is 0.742. The second-order valence-corrected chi connectivity index (χ2v) is 3.41. The van der Waals surface area contributed by atoms with Gasteiger partial charge in [0.15, 0.2) is 5.65 Å². The summed E-state index contributed by atoms with van der Waals surface area (Å²) in [6, 6.07) is 2.02. The van der Waals surface area contributed by atoms with E-state index in [4.69, 9.17) is 10.5 Å². The zero-order valence-corrected chi connectivity index (χ0v) is 8.66. The third kappa shape index (κ3) is 2.31. The summed E-state index contributed by atoms with van der Waals surface area (Å²) in [5.74, 6) is 0.788. The Hall–Kier alpha value is -1.46. The van der Waals surface area contributed by atoms with E-state index in [-0.39, 0.29) is 0 Å². The molecule has 0 aliphatic rings. The van der Waals surface area contributed by atoms with E-state index in [1.165, 1.54) is 0 Å². The maximum Gasteiger partial charge on any atom is 0.177 e. The monoisotopic (exact) mass is 206 g/mol. The van der Waals surface area contributed by atoms with Crippen LogP contribution in [0.1, 0.15) is 11.4 Å². The first kappa shape index (κ1) is 10.1. The lowest BCUT2D eigenvalue weighted by molar-refractivity contribution is 0.123. The molecule has 3 N–H and O–H groups in total. The molecule has 0 saturated carbocycles. The van der Waals surface area contributed by atoms with Crippen molar-refractivity contribution in [2.75, 3.05) is 13.2 Å². The minimum atomic E-state index is 0.451. The van der Waals surface area contributed by atoms with Gasteiger partial charge in [0.05, 0.1) is 12.1 Å². The van der Waals surface area contributed by atoms with Crippen LogP contribution in [-0.4, -0.2) is 28.1 Å². The Morgan fingerprint density at radius 3 is 3.20 bits per heavy atom. The Morgan fingerprint density at radius 2 is 2.40 bits per heavy atom. The first-order chi connectivity index (χ1) is 7.29. The molecule has 2 aromatic heterocycles. The van der Waals surface area contributed by atoms with Crippen LogP contribution in [0.15, 0.2) is 12.3 Å². The van der Waals surface area contributed by atoms with Crippen molar-refractivity contribution in [1.82, 2.24) is 15.0 Å². The Labute approximate surface area is 87.7 Å². The van der Waals surface area contributed by atoms with Gasteiger partial charge in [-0.25, -0.2) is 9.97 Å². The SMILES string of the molecule is Cc1cnc2nc(COCCN)[nH]c2c1. The Bertz CT molecular complexity index is 452. The van der Waals surface area contributed by atoms with Crippen molar-refractivity contribution in [3.8, 4) is 0 Å². The van der Waals surface area contributed by atoms with Gasteiger partial charge < -0.3 is 15.5 Å². The van der Waals surface area contributed by atoms with E-state index in [9.17, 15) is 0 Å². The number of ether oxygens (including phenoxy) is 1. The molecule has 0 atom stereocenters. The molecule has 0 unspecified atom stereocenters. The molecule has 80 valence electrons. The Balaban J connectivity index is 2.16. The van der Waals surface area contributed by atoms with Crippen LogP contribution < -0.4 is 5.73 Å². The van der Waals surface area contributed by atoms with E-state index in [1.807, 2.05) is 13.0 Å². The van der Waals surface area contributed by atoms with Crippen LogP contribution in [0, 0.1) is 6.92 Å². The average Bonchev–Trinajstić information content (AvgIpc) is 2.60. The Morgan fingerprint density at radius 1 is 1.53 bits per heavy atom. The third-order valence-electron chi connectivity index (χ3n) is 2.02. The molecular weight excluding hydrogens is 192 g/mol. The molecule has 0 aliphatic heterocycles. The van der Waals surface area contributed by atoms with E-state index in [2.05, 4.69) is 15.0 Å². The van der Waals surface area contributed by atoms with Gasteiger partial charge in [-0.2, -0.15) is 0 Å². The highest BCUT2D eigenvalue weighted by Crippen LogP contribution is 2.10. The van der Waals surface area contributed by atoms with Crippen molar-refractivity contribution in [2.45, 2.75) is 13.5 Å². The molecule has 5 nitrogen and oxygen atoms in total. The van der Waals surface area contributed by atoms with Crippen LogP contribution in [0.4, 0.5) is 0 Å². The maximum atomic E-state index is 5.32. The van der Waals surface area contributed by atoms with Crippen LogP contribution in [-0.2, 0) is 11.3 Å². The summed E-state index contributed by atoms with van der Waals surface area (Å²) in [5.41, 5.74) is 8.11. The number of pyridine rings is 1. The fourth-order valence-electron chi connectivity index (χ4n) is 1.37. The van der Waals surface area contributed by atoms with Gasteiger partial charge in [-0.1, -0.05) is 0 Å². The van der Waals surface area contributed by atoms with Gasteiger partial charge in [0.1, 0.15) is 12.4 Å². The number of rotatable bonds is 4. The number of aromatic nitrogens is 3. The molecule has 0 saturated heterocycles. The molecule has 0 aromatic carbocycles. The quantitative estimate of drug-likeness (QED) is 0.723. The molecule has 0 radical (unpaired) electrons. The molecule has 0 amide bonds.